The lowest BCUT2D eigenvalue weighted by molar-refractivity contribution is -0.147. The maximum absolute atomic E-state index is 12.6. The van der Waals surface area contributed by atoms with Crippen molar-refractivity contribution < 1.29 is 19.4 Å². The lowest BCUT2D eigenvalue weighted by atomic mass is 10.2. The molecule has 9 heteroatoms. The second-order valence-electron chi connectivity index (χ2n) is 5.20. The van der Waals surface area contributed by atoms with Crippen LogP contribution in [0.1, 0.15) is 10.4 Å². The third-order valence-corrected chi connectivity index (χ3v) is 4.20. The van der Waals surface area contributed by atoms with Gasteiger partial charge in [0.15, 0.2) is 6.04 Å². The van der Waals surface area contributed by atoms with Crippen LogP contribution in [0.5, 0.6) is 0 Å². The number of carboxylic acids is 1. The van der Waals surface area contributed by atoms with E-state index in [2.05, 4.69) is 5.10 Å². The highest BCUT2D eigenvalue weighted by atomic mass is 35.5. The Labute approximate surface area is 147 Å². The number of halogens is 2. The van der Waals surface area contributed by atoms with Crippen molar-refractivity contribution in [2.45, 2.75) is 6.04 Å². The van der Waals surface area contributed by atoms with Crippen molar-refractivity contribution in [1.29, 1.82) is 0 Å². The quantitative estimate of drug-likeness (QED) is 0.895. The summed E-state index contributed by atoms with van der Waals surface area (Å²) >= 11 is 12.0. The number of nitrogens with zero attached hydrogens (tertiary/aromatic N) is 3. The summed E-state index contributed by atoms with van der Waals surface area (Å²) in [6, 6.07) is 3.91. The SMILES string of the molecule is O=C(O)C1COCCN1C(=O)c1cnn(-c2ccc(Cl)cc2Cl)c1. The molecule has 1 amide bonds. The van der Waals surface area contributed by atoms with Crippen molar-refractivity contribution >= 4 is 35.1 Å². The number of amides is 1. The van der Waals surface area contributed by atoms with Crippen LogP contribution in [-0.2, 0) is 9.53 Å². The molecule has 7 nitrogen and oxygen atoms in total. The Bertz CT molecular complexity index is 793. The fourth-order valence-electron chi connectivity index (χ4n) is 2.45. The largest absolute Gasteiger partial charge is 0.480 e. The van der Waals surface area contributed by atoms with Gasteiger partial charge in [-0.25, -0.2) is 9.48 Å². The van der Waals surface area contributed by atoms with E-state index in [9.17, 15) is 14.7 Å². The number of aromatic nitrogens is 2. The zero-order chi connectivity index (χ0) is 17.3. The Balaban J connectivity index is 1.87. The molecule has 1 aliphatic heterocycles. The van der Waals surface area contributed by atoms with Gasteiger partial charge in [0, 0.05) is 17.8 Å². The van der Waals surface area contributed by atoms with Gasteiger partial charge in [-0.1, -0.05) is 23.2 Å². The van der Waals surface area contributed by atoms with E-state index in [1.54, 1.807) is 18.2 Å². The molecule has 24 heavy (non-hydrogen) atoms. The summed E-state index contributed by atoms with van der Waals surface area (Å²) in [5.74, 6) is -1.52. The molecule has 2 aromatic rings. The Morgan fingerprint density at radius 2 is 2.12 bits per heavy atom. The van der Waals surface area contributed by atoms with E-state index < -0.39 is 17.9 Å². The number of morpholine rings is 1. The molecule has 126 valence electrons. The molecular formula is C15H13Cl2N3O4. The Hall–Kier alpha value is -2.09. The summed E-state index contributed by atoms with van der Waals surface area (Å²) in [7, 11) is 0. The van der Waals surface area contributed by atoms with Gasteiger partial charge in [-0.2, -0.15) is 5.10 Å². The van der Waals surface area contributed by atoms with Crippen LogP contribution in [0, 0.1) is 0 Å². The monoisotopic (exact) mass is 369 g/mol. The molecule has 0 spiro atoms. The maximum Gasteiger partial charge on any atom is 0.328 e. The van der Waals surface area contributed by atoms with Crippen molar-refractivity contribution in [3.8, 4) is 5.69 Å². The van der Waals surface area contributed by atoms with Crippen LogP contribution in [0.3, 0.4) is 0 Å². The third kappa shape index (κ3) is 3.24. The fraction of sp³-hybridized carbons (Fsp3) is 0.267. The zero-order valence-electron chi connectivity index (χ0n) is 12.4. The minimum atomic E-state index is -1.10. The number of carbonyl (C=O) groups is 2. The molecule has 1 unspecified atom stereocenters. The third-order valence-electron chi connectivity index (χ3n) is 3.66. The highest BCUT2D eigenvalue weighted by Gasteiger charge is 2.33. The van der Waals surface area contributed by atoms with Gasteiger partial charge in [-0.05, 0) is 18.2 Å². The minimum absolute atomic E-state index is 0.0295. The zero-order valence-corrected chi connectivity index (χ0v) is 13.9. The number of ether oxygens (including phenoxy) is 1. The van der Waals surface area contributed by atoms with Gasteiger partial charge < -0.3 is 14.7 Å². The van der Waals surface area contributed by atoms with E-state index in [0.29, 0.717) is 22.3 Å². The van der Waals surface area contributed by atoms with Crippen molar-refractivity contribution in [3.63, 3.8) is 0 Å². The normalized spacial score (nSPS) is 17.8. The van der Waals surface area contributed by atoms with Crippen LogP contribution < -0.4 is 0 Å². The summed E-state index contributed by atoms with van der Waals surface area (Å²) in [4.78, 5) is 25.2. The Morgan fingerprint density at radius 3 is 2.83 bits per heavy atom. The standard InChI is InChI=1S/C15H13Cl2N3O4/c16-10-1-2-12(11(17)5-10)20-7-9(6-18-20)14(21)19-3-4-24-8-13(19)15(22)23/h1-2,5-7,13H,3-4,8H2,(H,22,23). The number of hydrogen-bond donors (Lipinski definition) is 1. The summed E-state index contributed by atoms with van der Waals surface area (Å²) in [6.07, 6.45) is 2.88. The molecule has 3 rings (SSSR count). The molecule has 1 N–H and O–H groups in total. The number of carboxylic acid groups (broad SMARTS) is 1. The average Bonchev–Trinajstić information content (AvgIpc) is 3.03. The second kappa shape index (κ2) is 6.80. The van der Waals surface area contributed by atoms with Crippen molar-refractivity contribution in [2.75, 3.05) is 19.8 Å². The Morgan fingerprint density at radius 1 is 1.33 bits per heavy atom. The second-order valence-corrected chi connectivity index (χ2v) is 6.04. The van der Waals surface area contributed by atoms with E-state index in [4.69, 9.17) is 27.9 Å². The van der Waals surface area contributed by atoms with Crippen molar-refractivity contribution in [2.24, 2.45) is 0 Å². The van der Waals surface area contributed by atoms with Crippen LogP contribution in [-0.4, -0.2) is 57.5 Å². The molecule has 2 heterocycles. The van der Waals surface area contributed by atoms with E-state index in [0.717, 1.165) is 0 Å². The van der Waals surface area contributed by atoms with Crippen LogP contribution in [0.15, 0.2) is 30.6 Å². The van der Waals surface area contributed by atoms with E-state index in [1.807, 2.05) is 0 Å². The molecule has 0 bridgehead atoms. The molecule has 1 aromatic carbocycles. The van der Waals surface area contributed by atoms with E-state index in [1.165, 1.54) is 22.0 Å². The minimum Gasteiger partial charge on any atom is -0.480 e. The molecule has 1 aromatic heterocycles. The van der Waals surface area contributed by atoms with Gasteiger partial charge in [-0.15, -0.1) is 0 Å². The molecule has 0 radical (unpaired) electrons. The number of benzene rings is 1. The number of hydrogen-bond acceptors (Lipinski definition) is 4. The van der Waals surface area contributed by atoms with Gasteiger partial charge >= 0.3 is 5.97 Å². The van der Waals surface area contributed by atoms with E-state index in [-0.39, 0.29) is 18.7 Å². The molecular weight excluding hydrogens is 357 g/mol. The predicted octanol–water partition coefficient (Wildman–Crippen LogP) is 2.10. The highest BCUT2D eigenvalue weighted by molar-refractivity contribution is 6.35. The van der Waals surface area contributed by atoms with Crippen LogP contribution in [0.2, 0.25) is 10.0 Å². The van der Waals surface area contributed by atoms with Crippen LogP contribution in [0.25, 0.3) is 5.69 Å². The number of rotatable bonds is 3. The molecule has 1 atom stereocenters. The number of aliphatic carboxylic acids is 1. The Kier molecular flexibility index (Phi) is 4.75. The van der Waals surface area contributed by atoms with Gasteiger partial charge in [0.05, 0.1) is 35.7 Å². The van der Waals surface area contributed by atoms with Crippen LogP contribution >= 0.6 is 23.2 Å². The molecule has 0 saturated carbocycles. The first kappa shape index (κ1) is 16.8. The average molecular weight is 370 g/mol. The van der Waals surface area contributed by atoms with Gasteiger partial charge in [0.25, 0.3) is 5.91 Å². The highest BCUT2D eigenvalue weighted by Crippen LogP contribution is 2.24. The van der Waals surface area contributed by atoms with Crippen molar-refractivity contribution in [1.82, 2.24) is 14.7 Å². The predicted molar refractivity (Wildman–Crippen MR) is 86.9 cm³/mol. The first-order valence-corrected chi connectivity index (χ1v) is 7.84. The first-order chi connectivity index (χ1) is 11.5. The van der Waals surface area contributed by atoms with Crippen molar-refractivity contribution in [3.05, 3.63) is 46.2 Å². The van der Waals surface area contributed by atoms with Crippen LogP contribution in [0.4, 0.5) is 0 Å². The molecule has 1 saturated heterocycles. The van der Waals surface area contributed by atoms with Gasteiger partial charge in [-0.3, -0.25) is 4.79 Å². The molecule has 1 fully saturated rings. The van der Waals surface area contributed by atoms with Gasteiger partial charge in [0.2, 0.25) is 0 Å². The lowest BCUT2D eigenvalue weighted by Gasteiger charge is -2.32. The maximum atomic E-state index is 12.6. The molecule has 1 aliphatic rings. The van der Waals surface area contributed by atoms with E-state index >= 15 is 0 Å². The lowest BCUT2D eigenvalue weighted by Crippen LogP contribution is -2.52. The number of carbonyl (C=O) groups excluding carboxylic acids is 1. The smallest absolute Gasteiger partial charge is 0.328 e. The summed E-state index contributed by atoms with van der Waals surface area (Å²) in [5, 5.41) is 14.2. The first-order valence-electron chi connectivity index (χ1n) is 7.09. The summed E-state index contributed by atoms with van der Waals surface area (Å²) < 4.78 is 6.58. The topological polar surface area (TPSA) is 84.7 Å². The fourth-order valence-corrected chi connectivity index (χ4v) is 2.94. The summed E-state index contributed by atoms with van der Waals surface area (Å²) in [5.41, 5.74) is 0.839. The van der Waals surface area contributed by atoms with Gasteiger partial charge in [0.1, 0.15) is 0 Å². The molecule has 0 aliphatic carbocycles. The summed E-state index contributed by atoms with van der Waals surface area (Å²) in [6.45, 7) is 0.480.